The molecule has 2 saturated carbocycles. The number of epoxide rings is 1. The van der Waals surface area contributed by atoms with Crippen molar-refractivity contribution in [2.75, 3.05) is 19.6 Å². The molecule has 0 aromatic rings. The Labute approximate surface area is 128 Å². The van der Waals surface area contributed by atoms with Gasteiger partial charge in [0.15, 0.2) is 0 Å². The minimum absolute atomic E-state index is 0.0553. The first-order valence-corrected chi connectivity index (χ1v) is 8.45. The van der Waals surface area contributed by atoms with Crippen LogP contribution in [0.15, 0.2) is 0 Å². The van der Waals surface area contributed by atoms with E-state index in [0.29, 0.717) is 0 Å². The highest BCUT2D eigenvalue weighted by Gasteiger charge is 2.73. The van der Waals surface area contributed by atoms with Crippen LogP contribution < -0.4 is 0 Å². The summed E-state index contributed by atoms with van der Waals surface area (Å²) in [5.41, 5.74) is 0. The summed E-state index contributed by atoms with van der Waals surface area (Å²) in [5.74, 6) is -0.317. The molecule has 5 rings (SSSR count). The van der Waals surface area contributed by atoms with Crippen molar-refractivity contribution in [2.45, 2.75) is 37.9 Å². The minimum Gasteiger partial charge on any atom is -0.369 e. The van der Waals surface area contributed by atoms with Crippen LogP contribution in [-0.2, 0) is 19.1 Å². The Balaban J connectivity index is 1.33. The molecule has 3 aliphatic heterocycles. The molecule has 0 aromatic heterocycles. The molecule has 6 nitrogen and oxygen atoms in total. The number of fused-ring (bicyclic) bond motifs is 8. The van der Waals surface area contributed by atoms with Crippen LogP contribution in [0.3, 0.4) is 0 Å². The quantitative estimate of drug-likeness (QED) is 0.532. The van der Waals surface area contributed by atoms with Gasteiger partial charge in [-0.05, 0) is 25.7 Å². The zero-order valence-electron chi connectivity index (χ0n) is 12.4. The molecule has 5 fully saturated rings. The lowest BCUT2D eigenvalue weighted by Gasteiger charge is -2.28. The molecule has 3 saturated heterocycles. The molecule has 118 valence electrons. The number of likely N-dealkylation sites (tertiary alicyclic amines) is 2. The fourth-order valence-electron chi connectivity index (χ4n) is 5.32. The Morgan fingerprint density at radius 2 is 1.59 bits per heavy atom. The highest BCUT2D eigenvalue weighted by atomic mass is 16.6. The van der Waals surface area contributed by atoms with Crippen LogP contribution in [0.25, 0.3) is 0 Å². The van der Waals surface area contributed by atoms with Crippen molar-refractivity contribution in [1.29, 1.82) is 0 Å². The van der Waals surface area contributed by atoms with Crippen molar-refractivity contribution in [2.24, 2.45) is 23.7 Å². The summed E-state index contributed by atoms with van der Waals surface area (Å²) in [6.07, 6.45) is 4.56. The molecule has 3 heterocycles. The van der Waals surface area contributed by atoms with Crippen molar-refractivity contribution >= 4 is 17.7 Å². The number of rotatable bonds is 2. The predicted octanol–water partition coefficient (Wildman–Crippen LogP) is 0.0172. The molecular weight excluding hydrogens is 284 g/mol. The second-order valence-electron chi connectivity index (χ2n) is 7.38. The molecule has 0 spiro atoms. The maximum atomic E-state index is 12.6. The van der Waals surface area contributed by atoms with Gasteiger partial charge < -0.3 is 9.64 Å². The zero-order valence-corrected chi connectivity index (χ0v) is 12.4. The van der Waals surface area contributed by atoms with Crippen molar-refractivity contribution in [1.82, 2.24) is 9.80 Å². The Morgan fingerprint density at radius 1 is 1.00 bits per heavy atom. The zero-order chi connectivity index (χ0) is 15.0. The smallest absolute Gasteiger partial charge is 0.242 e. The molecule has 0 unspecified atom stereocenters. The number of hydrogen-bond acceptors (Lipinski definition) is 4. The summed E-state index contributed by atoms with van der Waals surface area (Å²) in [6, 6.07) is 0. The van der Waals surface area contributed by atoms with E-state index < -0.39 is 0 Å². The highest BCUT2D eigenvalue weighted by molar-refractivity contribution is 6.08. The topological polar surface area (TPSA) is 70.2 Å². The number of ether oxygens (including phenoxy) is 1. The fraction of sp³-hybridized carbons (Fsp3) is 0.812. The SMILES string of the molecule is O=C(CN1C(=O)[C@@H]2[C@H]3C[C@@H]([C@@H]4O[C@H]34)[C@H]2C1=O)N1CCCCC1. The molecule has 22 heavy (non-hydrogen) atoms. The van der Waals surface area contributed by atoms with Gasteiger partial charge in [-0.1, -0.05) is 0 Å². The van der Waals surface area contributed by atoms with Gasteiger partial charge in [0.25, 0.3) is 0 Å². The molecule has 0 aromatic carbocycles. The van der Waals surface area contributed by atoms with E-state index in [1.54, 1.807) is 4.90 Å². The monoisotopic (exact) mass is 304 g/mol. The first-order chi connectivity index (χ1) is 10.7. The number of carbonyl (C=O) groups excluding carboxylic acids is 3. The largest absolute Gasteiger partial charge is 0.369 e. The first-order valence-electron chi connectivity index (χ1n) is 8.45. The first kappa shape index (κ1) is 13.0. The lowest BCUT2D eigenvalue weighted by atomic mass is 9.81. The lowest BCUT2D eigenvalue weighted by molar-refractivity contribution is -0.147. The van der Waals surface area contributed by atoms with E-state index in [9.17, 15) is 14.4 Å². The van der Waals surface area contributed by atoms with E-state index in [-0.39, 0.29) is 60.1 Å². The summed E-state index contributed by atoms with van der Waals surface area (Å²) < 4.78 is 5.59. The van der Waals surface area contributed by atoms with Crippen LogP contribution in [0.4, 0.5) is 0 Å². The Bertz CT molecular complexity index is 538. The van der Waals surface area contributed by atoms with Crippen molar-refractivity contribution in [3.8, 4) is 0 Å². The van der Waals surface area contributed by atoms with Crippen LogP contribution in [-0.4, -0.2) is 59.4 Å². The third kappa shape index (κ3) is 1.56. The van der Waals surface area contributed by atoms with Crippen LogP contribution in [0.2, 0.25) is 0 Å². The highest BCUT2D eigenvalue weighted by Crippen LogP contribution is 2.63. The number of imide groups is 1. The van der Waals surface area contributed by atoms with Gasteiger partial charge in [0.2, 0.25) is 17.7 Å². The van der Waals surface area contributed by atoms with Crippen molar-refractivity contribution in [3.05, 3.63) is 0 Å². The third-order valence-electron chi connectivity index (χ3n) is 6.36. The van der Waals surface area contributed by atoms with E-state index in [1.165, 1.54) is 4.90 Å². The molecular formula is C16H20N2O4. The number of piperidine rings is 1. The molecule has 0 N–H and O–H groups in total. The molecule has 0 radical (unpaired) electrons. The number of hydrogen-bond donors (Lipinski definition) is 0. The van der Waals surface area contributed by atoms with Crippen molar-refractivity contribution in [3.63, 3.8) is 0 Å². The lowest BCUT2D eigenvalue weighted by Crippen LogP contribution is -2.45. The molecule has 6 atom stereocenters. The number of amides is 3. The normalized spacial score (nSPS) is 45.3. The molecule has 3 amide bonds. The Hall–Kier alpha value is -1.43. The Kier molecular flexibility index (Phi) is 2.56. The summed E-state index contributed by atoms with van der Waals surface area (Å²) >= 11 is 0. The van der Waals surface area contributed by atoms with Gasteiger partial charge in [-0.25, -0.2) is 0 Å². The van der Waals surface area contributed by atoms with Gasteiger partial charge in [-0.3, -0.25) is 19.3 Å². The molecule has 5 aliphatic rings. The van der Waals surface area contributed by atoms with Gasteiger partial charge in [0.1, 0.15) is 6.54 Å². The van der Waals surface area contributed by atoms with Crippen LogP contribution in [0.1, 0.15) is 25.7 Å². The molecule has 2 bridgehead atoms. The number of carbonyl (C=O) groups is 3. The average molecular weight is 304 g/mol. The average Bonchev–Trinajstić information content (AvgIpc) is 3.08. The van der Waals surface area contributed by atoms with Gasteiger partial charge >= 0.3 is 0 Å². The molecule has 6 heteroatoms. The maximum Gasteiger partial charge on any atom is 0.242 e. The van der Waals surface area contributed by atoms with Crippen LogP contribution >= 0.6 is 0 Å². The van der Waals surface area contributed by atoms with E-state index in [1.807, 2.05) is 0 Å². The predicted molar refractivity (Wildman–Crippen MR) is 74.4 cm³/mol. The summed E-state index contributed by atoms with van der Waals surface area (Å²) in [5, 5.41) is 0. The second kappa shape index (κ2) is 4.31. The standard InChI is InChI=1S/C16H20N2O4/c19-10(17-4-2-1-3-5-17)7-18-15(20)11-8-6-9(12(11)16(18)21)14-13(8)22-14/h8-9,11-14H,1-7H2/t8-,9-,11-,12-,13-,14+/m1/s1. The van der Waals surface area contributed by atoms with Crippen LogP contribution in [0.5, 0.6) is 0 Å². The minimum atomic E-state index is -0.213. The Morgan fingerprint density at radius 3 is 2.18 bits per heavy atom. The second-order valence-corrected chi connectivity index (χ2v) is 7.38. The molecule has 2 aliphatic carbocycles. The summed E-state index contributed by atoms with van der Waals surface area (Å²) in [7, 11) is 0. The van der Waals surface area contributed by atoms with Gasteiger partial charge in [0, 0.05) is 24.9 Å². The van der Waals surface area contributed by atoms with E-state index in [2.05, 4.69) is 0 Å². The van der Waals surface area contributed by atoms with Crippen molar-refractivity contribution < 1.29 is 19.1 Å². The van der Waals surface area contributed by atoms with Gasteiger partial charge in [0.05, 0.1) is 24.0 Å². The summed E-state index contributed by atoms with van der Waals surface area (Å²) in [6.45, 7) is 1.45. The third-order valence-corrected chi connectivity index (χ3v) is 6.36. The number of nitrogens with zero attached hydrogens (tertiary/aromatic N) is 2. The van der Waals surface area contributed by atoms with E-state index >= 15 is 0 Å². The maximum absolute atomic E-state index is 12.6. The van der Waals surface area contributed by atoms with Gasteiger partial charge in [-0.2, -0.15) is 0 Å². The van der Waals surface area contributed by atoms with Crippen LogP contribution in [0, 0.1) is 23.7 Å². The van der Waals surface area contributed by atoms with E-state index in [4.69, 9.17) is 4.74 Å². The van der Waals surface area contributed by atoms with E-state index in [0.717, 1.165) is 38.8 Å². The summed E-state index contributed by atoms with van der Waals surface area (Å²) in [4.78, 5) is 40.7. The fourth-order valence-corrected chi connectivity index (χ4v) is 5.32. The van der Waals surface area contributed by atoms with Gasteiger partial charge in [-0.15, -0.1) is 0 Å².